The maximum absolute atomic E-state index is 12.0. The van der Waals surface area contributed by atoms with Crippen LogP contribution in [-0.2, 0) is 18.9 Å². The van der Waals surface area contributed by atoms with Crippen molar-refractivity contribution in [3.63, 3.8) is 0 Å². The van der Waals surface area contributed by atoms with Gasteiger partial charge in [0.2, 0.25) is 0 Å². The number of aromatic nitrogens is 3. The van der Waals surface area contributed by atoms with E-state index in [0.29, 0.717) is 13.0 Å². The van der Waals surface area contributed by atoms with Gasteiger partial charge in [-0.3, -0.25) is 4.79 Å². The van der Waals surface area contributed by atoms with Gasteiger partial charge in [0.1, 0.15) is 5.65 Å². The van der Waals surface area contributed by atoms with Gasteiger partial charge in [-0.05, 0) is 6.54 Å². The molecule has 0 aliphatic heterocycles. The zero-order valence-corrected chi connectivity index (χ0v) is 11.4. The van der Waals surface area contributed by atoms with E-state index in [1.807, 2.05) is 17.7 Å². The fourth-order valence-electron chi connectivity index (χ4n) is 1.97. The van der Waals surface area contributed by atoms with Crippen molar-refractivity contribution in [1.29, 1.82) is 0 Å². The van der Waals surface area contributed by atoms with E-state index in [2.05, 4.69) is 25.9 Å². The first kappa shape index (κ1) is 12.8. The highest BCUT2D eigenvalue weighted by Gasteiger charge is 2.19. The molecular formula is C13H20N4O. The molecule has 0 unspecified atom stereocenters. The molecule has 18 heavy (non-hydrogen) atoms. The fraction of sp³-hybridized carbons (Fsp3) is 0.538. The van der Waals surface area contributed by atoms with Crippen LogP contribution in [0.1, 0.15) is 32.2 Å². The summed E-state index contributed by atoms with van der Waals surface area (Å²) in [6, 6.07) is 3.58. The molecule has 2 heterocycles. The van der Waals surface area contributed by atoms with E-state index >= 15 is 0 Å². The summed E-state index contributed by atoms with van der Waals surface area (Å²) < 4.78 is 3.44. The van der Waals surface area contributed by atoms with Gasteiger partial charge in [-0.25, -0.2) is 0 Å². The molecule has 2 aromatic rings. The van der Waals surface area contributed by atoms with E-state index < -0.39 is 0 Å². The van der Waals surface area contributed by atoms with E-state index in [1.165, 1.54) is 4.52 Å². The Morgan fingerprint density at radius 3 is 2.56 bits per heavy atom. The van der Waals surface area contributed by atoms with Gasteiger partial charge in [0.25, 0.3) is 5.56 Å². The normalized spacial score (nSPS) is 12.3. The smallest absolute Gasteiger partial charge is 0.274 e. The van der Waals surface area contributed by atoms with Crippen LogP contribution in [0.25, 0.3) is 5.65 Å². The molecule has 0 aromatic carbocycles. The predicted molar refractivity (Wildman–Crippen MR) is 71.9 cm³/mol. The minimum absolute atomic E-state index is 0.0699. The molecule has 5 heteroatoms. The lowest BCUT2D eigenvalue weighted by Gasteiger charge is -2.13. The Kier molecular flexibility index (Phi) is 3.02. The topological polar surface area (TPSA) is 65.3 Å². The fourth-order valence-corrected chi connectivity index (χ4v) is 1.97. The Morgan fingerprint density at radius 1 is 1.33 bits per heavy atom. The Hall–Kier alpha value is -1.62. The van der Waals surface area contributed by atoms with E-state index in [1.54, 1.807) is 6.07 Å². The standard InChI is InChI=1S/C13H20N4O/c1-13(2,3)10-8-11-16(4)9(5-6-14)7-12(18)17(11)15-10/h7-8H,5-6,14H2,1-4H3. The van der Waals surface area contributed by atoms with Crippen LogP contribution in [0.5, 0.6) is 0 Å². The second-order valence-corrected chi connectivity index (χ2v) is 5.62. The summed E-state index contributed by atoms with van der Waals surface area (Å²) in [6.45, 7) is 6.78. The maximum atomic E-state index is 12.0. The number of aryl methyl sites for hydroxylation is 1. The highest BCUT2D eigenvalue weighted by Crippen LogP contribution is 2.21. The van der Waals surface area contributed by atoms with Crippen molar-refractivity contribution in [3.05, 3.63) is 33.9 Å². The quantitative estimate of drug-likeness (QED) is 0.856. The summed E-state index contributed by atoms with van der Waals surface area (Å²) >= 11 is 0. The molecule has 98 valence electrons. The van der Waals surface area contributed by atoms with Gasteiger partial charge in [0.15, 0.2) is 0 Å². The third-order valence-corrected chi connectivity index (χ3v) is 3.13. The molecule has 2 rings (SSSR count). The molecule has 2 aromatic heterocycles. The monoisotopic (exact) mass is 248 g/mol. The minimum atomic E-state index is -0.0953. The predicted octanol–water partition coefficient (Wildman–Crippen LogP) is 0.832. The molecule has 0 aliphatic carbocycles. The van der Waals surface area contributed by atoms with E-state index in [0.717, 1.165) is 17.0 Å². The third-order valence-electron chi connectivity index (χ3n) is 3.13. The summed E-state index contributed by atoms with van der Waals surface area (Å²) in [6.07, 6.45) is 0.693. The molecule has 0 saturated heterocycles. The number of hydrogen-bond acceptors (Lipinski definition) is 3. The van der Waals surface area contributed by atoms with Gasteiger partial charge in [0, 0.05) is 36.7 Å². The molecule has 0 bridgehead atoms. The van der Waals surface area contributed by atoms with E-state index in [-0.39, 0.29) is 11.0 Å². The van der Waals surface area contributed by atoms with Crippen LogP contribution in [-0.4, -0.2) is 20.7 Å². The van der Waals surface area contributed by atoms with Crippen molar-refractivity contribution in [1.82, 2.24) is 14.2 Å². The zero-order valence-electron chi connectivity index (χ0n) is 11.4. The lowest BCUT2D eigenvalue weighted by molar-refractivity contribution is 0.561. The Bertz CT molecular complexity index is 631. The highest BCUT2D eigenvalue weighted by atomic mass is 16.1. The maximum Gasteiger partial charge on any atom is 0.274 e. The van der Waals surface area contributed by atoms with Crippen LogP contribution in [0.2, 0.25) is 0 Å². The van der Waals surface area contributed by atoms with Gasteiger partial charge in [-0.2, -0.15) is 9.61 Å². The Balaban J connectivity index is 2.73. The first-order valence-corrected chi connectivity index (χ1v) is 6.14. The molecule has 0 saturated carbocycles. The van der Waals surface area contributed by atoms with Crippen molar-refractivity contribution in [2.45, 2.75) is 32.6 Å². The Labute approximate surface area is 106 Å². The second kappa shape index (κ2) is 4.24. The van der Waals surface area contributed by atoms with E-state index in [4.69, 9.17) is 5.73 Å². The lowest BCUT2D eigenvalue weighted by atomic mass is 9.93. The van der Waals surface area contributed by atoms with Gasteiger partial charge in [-0.15, -0.1) is 0 Å². The molecule has 0 spiro atoms. The van der Waals surface area contributed by atoms with Gasteiger partial charge < -0.3 is 10.3 Å². The van der Waals surface area contributed by atoms with Crippen LogP contribution in [0.4, 0.5) is 0 Å². The minimum Gasteiger partial charge on any atom is -0.333 e. The second-order valence-electron chi connectivity index (χ2n) is 5.62. The van der Waals surface area contributed by atoms with Crippen molar-refractivity contribution in [2.75, 3.05) is 6.54 Å². The average molecular weight is 248 g/mol. The number of nitrogens with two attached hydrogens (primary N) is 1. The summed E-state index contributed by atoms with van der Waals surface area (Å²) in [5.41, 5.74) is 8.07. The first-order valence-electron chi connectivity index (χ1n) is 6.14. The van der Waals surface area contributed by atoms with Crippen LogP contribution in [0.15, 0.2) is 16.9 Å². The van der Waals surface area contributed by atoms with Crippen LogP contribution in [0.3, 0.4) is 0 Å². The highest BCUT2D eigenvalue weighted by molar-refractivity contribution is 5.43. The molecule has 5 nitrogen and oxygen atoms in total. The number of fused-ring (bicyclic) bond motifs is 1. The average Bonchev–Trinajstić information content (AvgIpc) is 2.70. The van der Waals surface area contributed by atoms with Crippen molar-refractivity contribution in [2.24, 2.45) is 12.8 Å². The molecule has 0 atom stereocenters. The third kappa shape index (κ3) is 2.06. The number of rotatable bonds is 2. The molecule has 2 N–H and O–H groups in total. The van der Waals surface area contributed by atoms with Gasteiger partial charge in [-0.1, -0.05) is 20.8 Å². The van der Waals surface area contributed by atoms with Crippen molar-refractivity contribution in [3.8, 4) is 0 Å². The summed E-state index contributed by atoms with van der Waals surface area (Å²) in [5.74, 6) is 0. The largest absolute Gasteiger partial charge is 0.333 e. The molecule has 0 amide bonds. The number of nitrogens with zero attached hydrogens (tertiary/aromatic N) is 3. The molecule has 0 fully saturated rings. The van der Waals surface area contributed by atoms with E-state index in [9.17, 15) is 4.79 Å². The SMILES string of the molecule is Cn1c(CCN)cc(=O)n2nc(C(C)(C)C)cc12. The summed E-state index contributed by atoms with van der Waals surface area (Å²) in [4.78, 5) is 12.0. The van der Waals surface area contributed by atoms with Gasteiger partial charge >= 0.3 is 0 Å². The summed E-state index contributed by atoms with van der Waals surface area (Å²) in [7, 11) is 1.94. The zero-order chi connectivity index (χ0) is 13.5. The molecular weight excluding hydrogens is 228 g/mol. The molecule has 0 aliphatic rings. The molecule has 0 radical (unpaired) electrons. The van der Waals surface area contributed by atoms with Crippen molar-refractivity contribution < 1.29 is 0 Å². The summed E-state index contributed by atoms with van der Waals surface area (Å²) in [5, 5.41) is 4.40. The lowest BCUT2D eigenvalue weighted by Crippen LogP contribution is -2.21. The van der Waals surface area contributed by atoms with Crippen molar-refractivity contribution >= 4 is 5.65 Å². The van der Waals surface area contributed by atoms with Crippen LogP contribution < -0.4 is 11.3 Å². The Morgan fingerprint density at radius 2 is 2.00 bits per heavy atom. The first-order chi connectivity index (χ1) is 8.34. The van der Waals surface area contributed by atoms with Crippen LogP contribution in [0, 0.1) is 0 Å². The van der Waals surface area contributed by atoms with Gasteiger partial charge in [0.05, 0.1) is 5.69 Å². The van der Waals surface area contributed by atoms with Crippen LogP contribution >= 0.6 is 0 Å². The number of hydrogen-bond donors (Lipinski definition) is 1.